The lowest BCUT2D eigenvalue weighted by molar-refractivity contribution is -0.123. The van der Waals surface area contributed by atoms with Gasteiger partial charge >= 0.3 is 6.03 Å². The van der Waals surface area contributed by atoms with Gasteiger partial charge < -0.3 is 15.2 Å². The van der Waals surface area contributed by atoms with Crippen LogP contribution in [0.5, 0.6) is 11.5 Å². The zero-order valence-electron chi connectivity index (χ0n) is 16.6. The third kappa shape index (κ3) is 4.48. The van der Waals surface area contributed by atoms with E-state index in [1.54, 1.807) is 24.3 Å². The molecule has 1 aliphatic rings. The Morgan fingerprint density at radius 2 is 1.93 bits per heavy atom. The summed E-state index contributed by atoms with van der Waals surface area (Å²) in [5.74, 6) is -0.0180. The summed E-state index contributed by atoms with van der Waals surface area (Å²) in [5, 5.41) is 12.9. The molecule has 0 saturated carbocycles. The number of urea groups is 1. The molecule has 29 heavy (non-hydrogen) atoms. The zero-order chi connectivity index (χ0) is 21.0. The number of nitrogens with zero attached hydrogens (tertiary/aromatic N) is 1. The monoisotopic (exact) mass is 392 g/mol. The van der Waals surface area contributed by atoms with Crippen molar-refractivity contribution in [2.45, 2.75) is 26.8 Å². The first-order chi connectivity index (χ1) is 13.9. The second kappa shape index (κ2) is 8.65. The van der Waals surface area contributed by atoms with E-state index in [2.05, 4.69) is 11.9 Å². The van der Waals surface area contributed by atoms with Crippen LogP contribution in [0, 0.1) is 6.92 Å². The summed E-state index contributed by atoms with van der Waals surface area (Å²) in [6, 6.07) is 10.6. The zero-order valence-corrected chi connectivity index (χ0v) is 16.6. The number of aromatic hydroxyl groups is 1. The van der Waals surface area contributed by atoms with Crippen LogP contribution in [0.2, 0.25) is 0 Å². The van der Waals surface area contributed by atoms with Crippen molar-refractivity contribution in [1.82, 2.24) is 10.2 Å². The van der Waals surface area contributed by atoms with Crippen LogP contribution in [0.15, 0.2) is 54.8 Å². The van der Waals surface area contributed by atoms with Crippen LogP contribution in [0.3, 0.4) is 0 Å². The molecular formula is C23H24N2O4. The van der Waals surface area contributed by atoms with Crippen LogP contribution in [0.4, 0.5) is 4.79 Å². The number of amides is 3. The Morgan fingerprint density at radius 1 is 1.21 bits per heavy atom. The van der Waals surface area contributed by atoms with E-state index in [0.29, 0.717) is 29.9 Å². The Hall–Kier alpha value is -3.54. The number of hydrogen-bond acceptors (Lipinski definition) is 4. The third-order valence-corrected chi connectivity index (χ3v) is 4.57. The third-order valence-electron chi connectivity index (χ3n) is 4.57. The molecule has 0 aromatic heterocycles. The second-order valence-electron chi connectivity index (χ2n) is 6.82. The fourth-order valence-corrected chi connectivity index (χ4v) is 3.11. The van der Waals surface area contributed by atoms with Gasteiger partial charge in [-0.25, -0.2) is 4.79 Å². The van der Waals surface area contributed by atoms with Crippen molar-refractivity contribution in [3.05, 3.63) is 77.0 Å². The van der Waals surface area contributed by atoms with Crippen LogP contribution < -0.4 is 10.1 Å². The average molecular weight is 392 g/mol. The molecule has 6 nitrogen and oxygen atoms in total. The maximum atomic E-state index is 12.8. The lowest BCUT2D eigenvalue weighted by Crippen LogP contribution is -2.30. The van der Waals surface area contributed by atoms with E-state index in [4.69, 9.17) is 4.74 Å². The van der Waals surface area contributed by atoms with Gasteiger partial charge in [0.2, 0.25) is 0 Å². The maximum absolute atomic E-state index is 12.8. The molecule has 0 aliphatic carbocycles. The Morgan fingerprint density at radius 3 is 2.59 bits per heavy atom. The van der Waals surface area contributed by atoms with Crippen LogP contribution in [-0.4, -0.2) is 28.6 Å². The number of phenols is 1. The first-order valence-electron chi connectivity index (χ1n) is 9.42. The number of benzene rings is 2. The van der Waals surface area contributed by atoms with Gasteiger partial charge in [-0.3, -0.25) is 9.69 Å². The van der Waals surface area contributed by atoms with Crippen LogP contribution >= 0.6 is 0 Å². The molecular weight excluding hydrogens is 368 g/mol. The minimum atomic E-state index is -0.461. The van der Waals surface area contributed by atoms with E-state index in [9.17, 15) is 14.7 Å². The minimum absolute atomic E-state index is 0.0525. The van der Waals surface area contributed by atoms with Gasteiger partial charge in [-0.2, -0.15) is 0 Å². The summed E-state index contributed by atoms with van der Waals surface area (Å²) < 4.78 is 5.49. The van der Waals surface area contributed by atoms with Gasteiger partial charge in [-0.05, 0) is 49.6 Å². The van der Waals surface area contributed by atoms with Crippen LogP contribution in [-0.2, 0) is 17.8 Å². The molecule has 0 bridgehead atoms. The van der Waals surface area contributed by atoms with Gasteiger partial charge in [0.05, 0.1) is 13.2 Å². The number of carbonyl (C=O) groups excluding carboxylic acids is 2. The number of ether oxygens (including phenoxy) is 1. The number of imide groups is 1. The molecule has 0 atom stereocenters. The lowest BCUT2D eigenvalue weighted by atomic mass is 10.0. The molecule has 2 N–H and O–H groups in total. The van der Waals surface area contributed by atoms with Crippen LogP contribution in [0.25, 0.3) is 6.08 Å². The fourth-order valence-electron chi connectivity index (χ4n) is 3.11. The molecule has 0 unspecified atom stereocenters. The Kier molecular flexibility index (Phi) is 6.02. The van der Waals surface area contributed by atoms with E-state index in [1.165, 1.54) is 4.90 Å². The number of rotatable bonds is 7. The first-order valence-corrected chi connectivity index (χ1v) is 9.42. The smallest absolute Gasteiger partial charge is 0.329 e. The fraction of sp³-hybridized carbons (Fsp3) is 0.217. The first kappa shape index (κ1) is 20.2. The van der Waals surface area contributed by atoms with Crippen molar-refractivity contribution in [2.24, 2.45) is 0 Å². The van der Waals surface area contributed by atoms with Crippen molar-refractivity contribution in [2.75, 3.05) is 6.61 Å². The van der Waals surface area contributed by atoms with Crippen LogP contribution in [0.1, 0.15) is 29.2 Å². The summed E-state index contributed by atoms with van der Waals surface area (Å²) in [6.07, 6.45) is 3.71. The summed E-state index contributed by atoms with van der Waals surface area (Å²) in [6.45, 7) is 8.09. The molecule has 1 heterocycles. The topological polar surface area (TPSA) is 78.9 Å². The Balaban J connectivity index is 1.88. The number of hydrogen-bond donors (Lipinski definition) is 2. The molecule has 0 radical (unpaired) electrons. The van der Waals surface area contributed by atoms with Crippen molar-refractivity contribution in [3.8, 4) is 11.5 Å². The molecule has 1 saturated heterocycles. The van der Waals surface area contributed by atoms with E-state index < -0.39 is 11.9 Å². The molecule has 3 rings (SSSR count). The molecule has 2 aromatic carbocycles. The molecule has 3 amide bonds. The summed E-state index contributed by atoms with van der Waals surface area (Å²) in [7, 11) is 0. The SMILES string of the molecule is C=CCc1cc(/C=C2/NC(=O)N(Cc3ccc(C)cc3)C2=O)cc(OCC)c1O. The van der Waals surface area contributed by atoms with Crippen molar-refractivity contribution in [1.29, 1.82) is 0 Å². The minimum Gasteiger partial charge on any atom is -0.504 e. The predicted octanol–water partition coefficient (Wildman–Crippen LogP) is 3.92. The Labute approximate surface area is 170 Å². The van der Waals surface area contributed by atoms with E-state index in [-0.39, 0.29) is 18.0 Å². The molecule has 0 spiro atoms. The van der Waals surface area contributed by atoms with Gasteiger partial charge in [0.25, 0.3) is 5.91 Å². The normalized spacial score (nSPS) is 15.0. The van der Waals surface area contributed by atoms with Gasteiger partial charge in [0.1, 0.15) is 5.70 Å². The lowest BCUT2D eigenvalue weighted by Gasteiger charge is -2.12. The van der Waals surface area contributed by atoms with E-state index in [0.717, 1.165) is 11.1 Å². The molecule has 2 aromatic rings. The number of phenolic OH excluding ortho intramolecular Hbond substituents is 1. The van der Waals surface area contributed by atoms with Crippen molar-refractivity contribution >= 4 is 18.0 Å². The van der Waals surface area contributed by atoms with Crippen molar-refractivity contribution in [3.63, 3.8) is 0 Å². The molecule has 1 aliphatic heterocycles. The molecule has 1 fully saturated rings. The standard InChI is InChI=1S/C23H24N2O4/c1-4-6-18-11-17(13-20(21(18)26)29-5-2)12-19-22(27)25(23(28)24-19)14-16-9-7-15(3)8-10-16/h4,7-13,26H,1,5-6,14H2,2-3H3,(H,24,28)/b19-12+. The summed E-state index contributed by atoms with van der Waals surface area (Å²) >= 11 is 0. The van der Waals surface area contributed by atoms with E-state index >= 15 is 0 Å². The van der Waals surface area contributed by atoms with Gasteiger partial charge in [-0.1, -0.05) is 35.9 Å². The van der Waals surface area contributed by atoms with Gasteiger partial charge in [0.15, 0.2) is 11.5 Å². The number of aryl methyl sites for hydroxylation is 1. The average Bonchev–Trinajstić information content (AvgIpc) is 2.95. The van der Waals surface area contributed by atoms with Gasteiger partial charge in [0, 0.05) is 5.56 Å². The van der Waals surface area contributed by atoms with Gasteiger partial charge in [-0.15, -0.1) is 6.58 Å². The number of nitrogens with one attached hydrogen (secondary N) is 1. The second-order valence-corrected chi connectivity index (χ2v) is 6.82. The quantitative estimate of drug-likeness (QED) is 0.425. The van der Waals surface area contributed by atoms with E-state index in [1.807, 2.05) is 38.1 Å². The highest BCUT2D eigenvalue weighted by atomic mass is 16.5. The predicted molar refractivity (Wildman–Crippen MR) is 111 cm³/mol. The number of allylic oxidation sites excluding steroid dienone is 1. The summed E-state index contributed by atoms with van der Waals surface area (Å²) in [4.78, 5) is 26.3. The maximum Gasteiger partial charge on any atom is 0.329 e. The summed E-state index contributed by atoms with van der Waals surface area (Å²) in [5.41, 5.74) is 3.44. The Bertz CT molecular complexity index is 977. The molecule has 150 valence electrons. The molecule has 6 heteroatoms. The largest absolute Gasteiger partial charge is 0.504 e. The highest BCUT2D eigenvalue weighted by molar-refractivity contribution is 6.13. The number of carbonyl (C=O) groups is 2. The van der Waals surface area contributed by atoms with Crippen molar-refractivity contribution < 1.29 is 19.4 Å². The highest BCUT2D eigenvalue weighted by Gasteiger charge is 2.33. The highest BCUT2D eigenvalue weighted by Crippen LogP contribution is 2.33.